The molecule has 0 aromatic carbocycles. The molecule has 0 aromatic heterocycles. The van der Waals surface area contributed by atoms with Gasteiger partial charge in [-0.3, -0.25) is 4.90 Å². The van der Waals surface area contributed by atoms with Gasteiger partial charge in [0.2, 0.25) is 0 Å². The van der Waals surface area contributed by atoms with Gasteiger partial charge in [-0.15, -0.1) is 11.6 Å². The van der Waals surface area contributed by atoms with Crippen LogP contribution in [-0.4, -0.2) is 45.1 Å². The third-order valence-corrected chi connectivity index (χ3v) is 3.96. The molecule has 0 spiro atoms. The standard InChI is InChI=1S/C11H18ClNO4/c1-10(2,3)7-4-5-13(9(16)17)11(7,6-12)8(14)15/h7H,4-6H2,1-3H3,(H,14,15)(H,16,17)/t7?,11-/m0/s1. The number of halogens is 1. The van der Waals surface area contributed by atoms with Gasteiger partial charge in [-0.05, 0) is 11.8 Å². The Morgan fingerprint density at radius 3 is 2.24 bits per heavy atom. The molecule has 0 radical (unpaired) electrons. The van der Waals surface area contributed by atoms with E-state index in [-0.39, 0.29) is 23.8 Å². The number of likely N-dealkylation sites (tertiary alicyclic amines) is 1. The molecule has 98 valence electrons. The fourth-order valence-corrected chi connectivity index (χ4v) is 3.23. The Hall–Kier alpha value is -0.970. The summed E-state index contributed by atoms with van der Waals surface area (Å²) in [5.74, 6) is -1.68. The molecule has 1 unspecified atom stereocenters. The van der Waals surface area contributed by atoms with Crippen molar-refractivity contribution in [1.82, 2.24) is 4.90 Å². The highest BCUT2D eigenvalue weighted by Crippen LogP contribution is 2.46. The first-order valence-corrected chi connectivity index (χ1v) is 6.01. The van der Waals surface area contributed by atoms with Crippen LogP contribution in [0.25, 0.3) is 0 Å². The van der Waals surface area contributed by atoms with Crippen LogP contribution in [0.1, 0.15) is 27.2 Å². The number of carboxylic acids is 1. The molecule has 1 amide bonds. The Balaban J connectivity index is 3.28. The summed E-state index contributed by atoms with van der Waals surface area (Å²) in [6.07, 6.45) is -0.700. The van der Waals surface area contributed by atoms with Gasteiger partial charge in [-0.25, -0.2) is 9.59 Å². The Labute approximate surface area is 105 Å². The minimum atomic E-state index is -1.51. The van der Waals surface area contributed by atoms with Crippen molar-refractivity contribution in [3.05, 3.63) is 0 Å². The van der Waals surface area contributed by atoms with Gasteiger partial charge in [-0.2, -0.15) is 0 Å². The zero-order chi connectivity index (χ0) is 13.4. The Morgan fingerprint density at radius 1 is 1.41 bits per heavy atom. The molecule has 5 nitrogen and oxygen atoms in total. The molecule has 1 fully saturated rings. The number of hydrogen-bond acceptors (Lipinski definition) is 2. The summed E-state index contributed by atoms with van der Waals surface area (Å²) in [6, 6.07) is 0. The number of alkyl halides is 1. The normalized spacial score (nSPS) is 29.4. The lowest BCUT2D eigenvalue weighted by Gasteiger charge is -2.41. The molecule has 1 saturated heterocycles. The zero-order valence-electron chi connectivity index (χ0n) is 10.2. The maximum atomic E-state index is 11.5. The van der Waals surface area contributed by atoms with Crippen LogP contribution in [0.5, 0.6) is 0 Å². The van der Waals surface area contributed by atoms with Crippen LogP contribution in [0.15, 0.2) is 0 Å². The van der Waals surface area contributed by atoms with E-state index >= 15 is 0 Å². The number of carboxylic acid groups (broad SMARTS) is 2. The van der Waals surface area contributed by atoms with Crippen LogP contribution >= 0.6 is 11.6 Å². The van der Waals surface area contributed by atoms with E-state index < -0.39 is 17.6 Å². The van der Waals surface area contributed by atoms with Crippen LogP contribution in [0.2, 0.25) is 0 Å². The first-order chi connectivity index (χ1) is 7.67. The van der Waals surface area contributed by atoms with E-state index in [0.717, 1.165) is 4.90 Å². The maximum absolute atomic E-state index is 11.5. The van der Waals surface area contributed by atoms with Crippen molar-refractivity contribution in [1.29, 1.82) is 0 Å². The zero-order valence-corrected chi connectivity index (χ0v) is 11.0. The van der Waals surface area contributed by atoms with Crippen molar-refractivity contribution < 1.29 is 19.8 Å². The molecule has 0 aromatic rings. The molecular formula is C11H18ClNO4. The van der Waals surface area contributed by atoms with Crippen molar-refractivity contribution in [2.24, 2.45) is 11.3 Å². The highest BCUT2D eigenvalue weighted by Gasteiger charge is 2.59. The summed E-state index contributed by atoms with van der Waals surface area (Å²) < 4.78 is 0. The summed E-state index contributed by atoms with van der Waals surface area (Å²) in [4.78, 5) is 23.7. The Kier molecular flexibility index (Phi) is 3.62. The van der Waals surface area contributed by atoms with Crippen LogP contribution < -0.4 is 0 Å². The van der Waals surface area contributed by atoms with E-state index in [1.165, 1.54) is 0 Å². The second kappa shape index (κ2) is 4.37. The van der Waals surface area contributed by atoms with Gasteiger partial charge in [0.05, 0.1) is 5.88 Å². The first-order valence-electron chi connectivity index (χ1n) is 5.48. The minimum absolute atomic E-state index is 0.219. The third-order valence-electron chi connectivity index (χ3n) is 3.55. The summed E-state index contributed by atoms with van der Waals surface area (Å²) in [6.45, 7) is 5.95. The lowest BCUT2D eigenvalue weighted by atomic mass is 9.70. The van der Waals surface area contributed by atoms with E-state index in [2.05, 4.69) is 0 Å². The second-order valence-corrected chi connectivity index (χ2v) is 5.77. The highest BCUT2D eigenvalue weighted by atomic mass is 35.5. The molecule has 1 rings (SSSR count). The lowest BCUT2D eigenvalue weighted by Crippen LogP contribution is -2.60. The first kappa shape index (κ1) is 14.1. The van der Waals surface area contributed by atoms with E-state index in [9.17, 15) is 14.7 Å². The van der Waals surface area contributed by atoms with Crippen molar-refractivity contribution in [3.63, 3.8) is 0 Å². The SMILES string of the molecule is CC(C)(C)C1CCN(C(=O)O)[C@]1(CCl)C(=O)O. The monoisotopic (exact) mass is 263 g/mol. The second-order valence-electron chi connectivity index (χ2n) is 5.50. The molecule has 0 bridgehead atoms. The molecule has 2 N–H and O–H groups in total. The van der Waals surface area contributed by atoms with Gasteiger partial charge in [-0.1, -0.05) is 20.8 Å². The minimum Gasteiger partial charge on any atom is -0.479 e. The largest absolute Gasteiger partial charge is 0.479 e. The summed E-state index contributed by atoms with van der Waals surface area (Å²) in [7, 11) is 0. The molecule has 1 heterocycles. The van der Waals surface area contributed by atoms with Crippen LogP contribution in [-0.2, 0) is 4.79 Å². The van der Waals surface area contributed by atoms with Gasteiger partial charge < -0.3 is 10.2 Å². The number of nitrogens with zero attached hydrogens (tertiary/aromatic N) is 1. The van der Waals surface area contributed by atoms with Crippen LogP contribution in [0.3, 0.4) is 0 Å². The number of rotatable bonds is 2. The van der Waals surface area contributed by atoms with Crippen molar-refractivity contribution in [3.8, 4) is 0 Å². The average Bonchev–Trinajstić information content (AvgIpc) is 2.56. The predicted octanol–water partition coefficient (Wildman–Crippen LogP) is 2.09. The molecule has 6 heteroatoms. The number of hydrogen-bond donors (Lipinski definition) is 2. The van der Waals surface area contributed by atoms with Crippen molar-refractivity contribution in [2.45, 2.75) is 32.7 Å². The van der Waals surface area contributed by atoms with Gasteiger partial charge in [0.1, 0.15) is 0 Å². The topological polar surface area (TPSA) is 77.8 Å². The molecule has 1 aliphatic heterocycles. The highest BCUT2D eigenvalue weighted by molar-refractivity contribution is 6.20. The van der Waals surface area contributed by atoms with Gasteiger partial charge in [0, 0.05) is 12.5 Å². The predicted molar refractivity (Wildman–Crippen MR) is 63.4 cm³/mol. The van der Waals surface area contributed by atoms with E-state index in [1.807, 2.05) is 20.8 Å². The fraction of sp³-hybridized carbons (Fsp3) is 0.818. The van der Waals surface area contributed by atoms with E-state index in [1.54, 1.807) is 0 Å². The third kappa shape index (κ3) is 2.08. The molecule has 0 saturated carbocycles. The van der Waals surface area contributed by atoms with Crippen LogP contribution in [0.4, 0.5) is 4.79 Å². The lowest BCUT2D eigenvalue weighted by molar-refractivity contribution is -0.151. The Morgan fingerprint density at radius 2 is 1.94 bits per heavy atom. The molecule has 1 aliphatic rings. The smallest absolute Gasteiger partial charge is 0.408 e. The quantitative estimate of drug-likeness (QED) is 0.748. The fourth-order valence-electron chi connectivity index (χ4n) is 2.79. The number of aliphatic carboxylic acids is 1. The van der Waals surface area contributed by atoms with E-state index in [4.69, 9.17) is 16.7 Å². The summed E-state index contributed by atoms with van der Waals surface area (Å²) >= 11 is 5.81. The van der Waals surface area contributed by atoms with Crippen LogP contribution in [0, 0.1) is 11.3 Å². The number of carbonyl (C=O) groups is 2. The van der Waals surface area contributed by atoms with Crippen molar-refractivity contribution >= 4 is 23.7 Å². The van der Waals surface area contributed by atoms with Gasteiger partial charge in [0.15, 0.2) is 5.54 Å². The Bertz CT molecular complexity index is 339. The van der Waals surface area contributed by atoms with Gasteiger partial charge in [0.25, 0.3) is 0 Å². The van der Waals surface area contributed by atoms with Gasteiger partial charge >= 0.3 is 12.1 Å². The molecule has 0 aliphatic carbocycles. The molecule has 2 atom stereocenters. The number of amides is 1. The average molecular weight is 264 g/mol. The maximum Gasteiger partial charge on any atom is 0.408 e. The summed E-state index contributed by atoms with van der Waals surface area (Å²) in [5, 5.41) is 18.5. The molecular weight excluding hydrogens is 246 g/mol. The summed E-state index contributed by atoms with van der Waals surface area (Å²) in [5.41, 5.74) is -1.82. The molecule has 17 heavy (non-hydrogen) atoms. The van der Waals surface area contributed by atoms with Crippen molar-refractivity contribution in [2.75, 3.05) is 12.4 Å². The van der Waals surface area contributed by atoms with E-state index in [0.29, 0.717) is 6.42 Å².